The predicted molar refractivity (Wildman–Crippen MR) is 87.9 cm³/mol. The van der Waals surface area contributed by atoms with Crippen molar-refractivity contribution in [3.63, 3.8) is 0 Å². The van der Waals surface area contributed by atoms with Crippen LogP contribution in [-0.4, -0.2) is 19.8 Å². The number of fused-ring (bicyclic) bond motifs is 1. The Morgan fingerprint density at radius 3 is 2.48 bits per heavy atom. The van der Waals surface area contributed by atoms with Crippen LogP contribution in [0, 0.1) is 0 Å². The average molecular weight is 312 g/mol. The number of hydrogen-bond donors (Lipinski definition) is 1. The molecule has 0 amide bonds. The van der Waals surface area contributed by atoms with E-state index in [0.717, 1.165) is 29.5 Å². The summed E-state index contributed by atoms with van der Waals surface area (Å²) in [5, 5.41) is 4.34. The first-order valence-corrected chi connectivity index (χ1v) is 8.19. The SMILES string of the molecule is CCNC1CC(C)(C)c2c(Cl)cc(OCC)c(OCC)c21. The standard InChI is InChI=1S/C17H26ClNO2/c1-6-19-12-10-17(4,5)15-11(18)9-13(20-7-2)16(14(12)15)21-8-3/h9,12,19H,6-8,10H2,1-5H3. The second-order valence-electron chi connectivity index (χ2n) is 6.04. The summed E-state index contributed by atoms with van der Waals surface area (Å²) in [5.74, 6) is 1.61. The van der Waals surface area contributed by atoms with Crippen molar-refractivity contribution in [1.82, 2.24) is 5.32 Å². The molecule has 2 rings (SSSR count). The van der Waals surface area contributed by atoms with Crippen LogP contribution in [0.1, 0.15) is 58.2 Å². The quantitative estimate of drug-likeness (QED) is 0.841. The third-order valence-corrected chi connectivity index (χ3v) is 4.31. The van der Waals surface area contributed by atoms with Crippen LogP contribution >= 0.6 is 11.6 Å². The molecule has 0 aliphatic heterocycles. The first-order valence-electron chi connectivity index (χ1n) is 7.82. The molecule has 0 spiro atoms. The molecule has 118 valence electrons. The van der Waals surface area contributed by atoms with Gasteiger partial charge in [-0.05, 0) is 37.8 Å². The number of nitrogens with one attached hydrogen (secondary N) is 1. The molecule has 0 fully saturated rings. The summed E-state index contributed by atoms with van der Waals surface area (Å²) >= 11 is 6.57. The molecule has 0 bridgehead atoms. The molecule has 21 heavy (non-hydrogen) atoms. The molecule has 0 saturated carbocycles. The minimum Gasteiger partial charge on any atom is -0.490 e. The summed E-state index contributed by atoms with van der Waals surface area (Å²) < 4.78 is 11.7. The Bertz CT molecular complexity index is 514. The van der Waals surface area contributed by atoms with Crippen LogP contribution in [0.15, 0.2) is 6.07 Å². The van der Waals surface area contributed by atoms with Gasteiger partial charge in [0, 0.05) is 22.7 Å². The Labute approximate surface area is 133 Å². The highest BCUT2D eigenvalue weighted by Crippen LogP contribution is 2.54. The Balaban J connectivity index is 2.64. The van der Waals surface area contributed by atoms with Crippen LogP contribution in [0.4, 0.5) is 0 Å². The zero-order chi connectivity index (χ0) is 15.6. The van der Waals surface area contributed by atoms with Crippen molar-refractivity contribution in [2.75, 3.05) is 19.8 Å². The monoisotopic (exact) mass is 311 g/mol. The lowest BCUT2D eigenvalue weighted by atomic mass is 9.86. The second kappa shape index (κ2) is 6.45. The Kier molecular flexibility index (Phi) is 5.05. The molecular weight excluding hydrogens is 286 g/mol. The van der Waals surface area contributed by atoms with Gasteiger partial charge in [-0.2, -0.15) is 0 Å². The second-order valence-corrected chi connectivity index (χ2v) is 6.45. The van der Waals surface area contributed by atoms with E-state index in [0.29, 0.717) is 13.2 Å². The molecular formula is C17H26ClNO2. The molecule has 1 N–H and O–H groups in total. The van der Waals surface area contributed by atoms with Crippen LogP contribution in [0.3, 0.4) is 0 Å². The van der Waals surface area contributed by atoms with Gasteiger partial charge in [-0.1, -0.05) is 32.4 Å². The first-order chi connectivity index (χ1) is 9.96. The molecule has 0 saturated heterocycles. The van der Waals surface area contributed by atoms with Crippen LogP contribution in [0.5, 0.6) is 11.5 Å². The van der Waals surface area contributed by atoms with E-state index in [4.69, 9.17) is 21.1 Å². The van der Waals surface area contributed by atoms with Crippen molar-refractivity contribution in [2.24, 2.45) is 0 Å². The lowest BCUT2D eigenvalue weighted by molar-refractivity contribution is 0.283. The van der Waals surface area contributed by atoms with Crippen molar-refractivity contribution < 1.29 is 9.47 Å². The molecule has 0 heterocycles. The van der Waals surface area contributed by atoms with Gasteiger partial charge in [0.1, 0.15) is 0 Å². The van der Waals surface area contributed by atoms with Crippen molar-refractivity contribution in [2.45, 2.75) is 52.5 Å². The fourth-order valence-electron chi connectivity index (χ4n) is 3.34. The third kappa shape index (κ3) is 3.00. The summed E-state index contributed by atoms with van der Waals surface area (Å²) in [7, 11) is 0. The third-order valence-electron chi connectivity index (χ3n) is 4.01. The largest absolute Gasteiger partial charge is 0.490 e. The van der Waals surface area contributed by atoms with Gasteiger partial charge in [-0.25, -0.2) is 0 Å². The number of halogens is 1. The van der Waals surface area contributed by atoms with Gasteiger partial charge in [0.2, 0.25) is 0 Å². The zero-order valence-corrected chi connectivity index (χ0v) is 14.4. The van der Waals surface area contributed by atoms with Crippen LogP contribution in [-0.2, 0) is 5.41 Å². The van der Waals surface area contributed by atoms with Gasteiger partial charge in [0.05, 0.1) is 13.2 Å². The summed E-state index contributed by atoms with van der Waals surface area (Å²) in [4.78, 5) is 0. The summed E-state index contributed by atoms with van der Waals surface area (Å²) in [6, 6.07) is 2.17. The predicted octanol–water partition coefficient (Wildman–Crippen LogP) is 4.47. The molecule has 0 radical (unpaired) electrons. The van der Waals surface area contributed by atoms with E-state index in [-0.39, 0.29) is 11.5 Å². The highest BCUT2D eigenvalue weighted by Gasteiger charge is 2.41. The average Bonchev–Trinajstić information content (AvgIpc) is 2.66. The molecule has 1 aliphatic rings. The number of benzene rings is 1. The van der Waals surface area contributed by atoms with E-state index in [2.05, 4.69) is 26.1 Å². The lowest BCUT2D eigenvalue weighted by Crippen LogP contribution is -2.21. The van der Waals surface area contributed by atoms with Crippen molar-refractivity contribution in [3.8, 4) is 11.5 Å². The van der Waals surface area contributed by atoms with Gasteiger partial charge in [-0.15, -0.1) is 0 Å². The number of hydrogen-bond acceptors (Lipinski definition) is 3. The number of ether oxygens (including phenoxy) is 2. The Hall–Kier alpha value is -0.930. The van der Waals surface area contributed by atoms with Crippen molar-refractivity contribution in [1.29, 1.82) is 0 Å². The van der Waals surface area contributed by atoms with E-state index in [1.807, 2.05) is 19.9 Å². The van der Waals surface area contributed by atoms with Gasteiger partial charge >= 0.3 is 0 Å². The highest BCUT2D eigenvalue weighted by molar-refractivity contribution is 6.32. The van der Waals surface area contributed by atoms with Gasteiger partial charge in [-0.3, -0.25) is 0 Å². The Morgan fingerprint density at radius 1 is 1.24 bits per heavy atom. The topological polar surface area (TPSA) is 30.5 Å². The van der Waals surface area contributed by atoms with Crippen LogP contribution in [0.2, 0.25) is 5.02 Å². The zero-order valence-electron chi connectivity index (χ0n) is 13.7. The lowest BCUT2D eigenvalue weighted by Gasteiger charge is -2.22. The highest BCUT2D eigenvalue weighted by atomic mass is 35.5. The Morgan fingerprint density at radius 2 is 1.90 bits per heavy atom. The normalized spacial score (nSPS) is 19.4. The van der Waals surface area contributed by atoms with Gasteiger partial charge in [0.15, 0.2) is 11.5 Å². The molecule has 1 unspecified atom stereocenters. The fourth-order valence-corrected chi connectivity index (χ4v) is 3.80. The van der Waals surface area contributed by atoms with Crippen molar-refractivity contribution >= 4 is 11.6 Å². The van der Waals surface area contributed by atoms with Crippen molar-refractivity contribution in [3.05, 3.63) is 22.2 Å². The minimum absolute atomic E-state index is 0.0375. The van der Waals surface area contributed by atoms with Gasteiger partial charge in [0.25, 0.3) is 0 Å². The van der Waals surface area contributed by atoms with Crippen LogP contribution in [0.25, 0.3) is 0 Å². The van der Waals surface area contributed by atoms with E-state index in [9.17, 15) is 0 Å². The van der Waals surface area contributed by atoms with E-state index >= 15 is 0 Å². The summed E-state index contributed by atoms with van der Waals surface area (Å²) in [6.07, 6.45) is 1.02. The maximum atomic E-state index is 6.57. The molecule has 1 aromatic rings. The fraction of sp³-hybridized carbons (Fsp3) is 0.647. The van der Waals surface area contributed by atoms with E-state index < -0.39 is 0 Å². The molecule has 3 nitrogen and oxygen atoms in total. The van der Waals surface area contributed by atoms with Crippen LogP contribution < -0.4 is 14.8 Å². The van der Waals surface area contributed by atoms with Gasteiger partial charge < -0.3 is 14.8 Å². The molecule has 1 aliphatic carbocycles. The first kappa shape index (κ1) is 16.4. The van der Waals surface area contributed by atoms with E-state index in [1.54, 1.807) is 0 Å². The molecule has 1 atom stereocenters. The molecule has 1 aromatic carbocycles. The summed E-state index contributed by atoms with van der Waals surface area (Å²) in [6.45, 7) is 12.7. The maximum Gasteiger partial charge on any atom is 0.166 e. The van der Waals surface area contributed by atoms with E-state index in [1.165, 1.54) is 11.1 Å². The number of rotatable bonds is 6. The smallest absolute Gasteiger partial charge is 0.166 e. The maximum absolute atomic E-state index is 6.57. The molecule has 4 heteroatoms. The molecule has 0 aromatic heterocycles. The summed E-state index contributed by atoms with van der Waals surface area (Å²) in [5.41, 5.74) is 2.41. The minimum atomic E-state index is 0.0375.